The van der Waals surface area contributed by atoms with Crippen molar-refractivity contribution in [2.75, 3.05) is 17.0 Å². The van der Waals surface area contributed by atoms with Gasteiger partial charge in [0.15, 0.2) is 4.21 Å². The lowest BCUT2D eigenvalue weighted by Gasteiger charge is -2.08. The highest BCUT2D eigenvalue weighted by Crippen LogP contribution is 2.30. The average molecular weight is 393 g/mol. The molecule has 0 fully saturated rings. The SMILES string of the molecule is Cc1nc(C)c(S(=O)(=O)Nc2cccc3cc(C4=NCCS4)[nH]c23)s1. The van der Waals surface area contributed by atoms with E-state index < -0.39 is 10.0 Å². The maximum absolute atomic E-state index is 12.8. The summed E-state index contributed by atoms with van der Waals surface area (Å²) in [5.74, 6) is 0.980. The zero-order valence-corrected chi connectivity index (χ0v) is 16.1. The van der Waals surface area contributed by atoms with Gasteiger partial charge in [0.2, 0.25) is 0 Å². The van der Waals surface area contributed by atoms with E-state index in [1.54, 1.807) is 31.7 Å². The summed E-state index contributed by atoms with van der Waals surface area (Å²) in [5, 5.41) is 2.65. The smallest absolute Gasteiger partial charge is 0.273 e. The summed E-state index contributed by atoms with van der Waals surface area (Å²) in [4.78, 5) is 12.0. The first kappa shape index (κ1) is 16.6. The molecule has 0 saturated heterocycles. The van der Waals surface area contributed by atoms with E-state index in [1.165, 1.54) is 11.3 Å². The van der Waals surface area contributed by atoms with Gasteiger partial charge in [-0.05, 0) is 26.0 Å². The molecular weight excluding hydrogens is 376 g/mol. The number of thiazole rings is 1. The molecule has 130 valence electrons. The van der Waals surface area contributed by atoms with Gasteiger partial charge in [-0.2, -0.15) is 0 Å². The molecule has 0 unspecified atom stereocenters. The number of thioether (sulfide) groups is 1. The molecular formula is C16H16N4O2S3. The van der Waals surface area contributed by atoms with Crippen molar-refractivity contribution >= 4 is 54.8 Å². The van der Waals surface area contributed by atoms with E-state index in [0.29, 0.717) is 11.4 Å². The van der Waals surface area contributed by atoms with Crippen molar-refractivity contribution in [2.45, 2.75) is 18.1 Å². The lowest BCUT2D eigenvalue weighted by atomic mass is 10.2. The van der Waals surface area contributed by atoms with Gasteiger partial charge < -0.3 is 4.98 Å². The van der Waals surface area contributed by atoms with Crippen LogP contribution >= 0.6 is 23.1 Å². The quantitative estimate of drug-likeness (QED) is 0.711. The lowest BCUT2D eigenvalue weighted by molar-refractivity contribution is 0.602. The Hall–Kier alpha value is -1.84. The Morgan fingerprint density at radius 2 is 2.12 bits per heavy atom. The Labute approximate surface area is 153 Å². The van der Waals surface area contributed by atoms with Crippen LogP contribution in [0, 0.1) is 13.8 Å². The molecule has 0 radical (unpaired) electrons. The van der Waals surface area contributed by atoms with Crippen LogP contribution in [-0.2, 0) is 10.0 Å². The summed E-state index contributed by atoms with van der Waals surface area (Å²) in [6, 6.07) is 7.56. The van der Waals surface area contributed by atoms with Gasteiger partial charge in [-0.3, -0.25) is 9.71 Å². The minimum absolute atomic E-state index is 0.254. The molecule has 0 aliphatic carbocycles. The fourth-order valence-electron chi connectivity index (χ4n) is 2.81. The van der Waals surface area contributed by atoms with E-state index in [1.807, 2.05) is 18.2 Å². The fourth-order valence-corrected chi connectivity index (χ4v) is 6.19. The molecule has 1 aliphatic heterocycles. The molecule has 0 amide bonds. The number of benzene rings is 1. The zero-order chi connectivity index (χ0) is 17.6. The first-order chi connectivity index (χ1) is 11.9. The molecule has 0 bridgehead atoms. The largest absolute Gasteiger partial charge is 0.351 e. The van der Waals surface area contributed by atoms with Crippen LogP contribution < -0.4 is 4.72 Å². The summed E-state index contributed by atoms with van der Waals surface area (Å²) < 4.78 is 28.5. The minimum Gasteiger partial charge on any atom is -0.351 e. The molecule has 2 N–H and O–H groups in total. The third-order valence-electron chi connectivity index (χ3n) is 3.82. The Balaban J connectivity index is 1.75. The number of fused-ring (bicyclic) bond motifs is 1. The monoisotopic (exact) mass is 392 g/mol. The summed E-state index contributed by atoms with van der Waals surface area (Å²) in [6.45, 7) is 4.33. The molecule has 2 aromatic heterocycles. The van der Waals surface area contributed by atoms with Crippen molar-refractivity contribution in [3.05, 3.63) is 40.7 Å². The highest BCUT2D eigenvalue weighted by atomic mass is 32.2. The number of nitrogens with zero attached hydrogens (tertiary/aromatic N) is 2. The van der Waals surface area contributed by atoms with Gasteiger partial charge >= 0.3 is 0 Å². The van der Waals surface area contributed by atoms with E-state index in [-0.39, 0.29) is 4.21 Å². The van der Waals surface area contributed by atoms with Crippen molar-refractivity contribution in [2.24, 2.45) is 4.99 Å². The number of aromatic nitrogens is 2. The van der Waals surface area contributed by atoms with Gasteiger partial charge in [-0.15, -0.1) is 23.1 Å². The highest BCUT2D eigenvalue weighted by molar-refractivity contribution is 8.14. The second-order valence-electron chi connectivity index (χ2n) is 5.70. The van der Waals surface area contributed by atoms with Gasteiger partial charge in [0.1, 0.15) is 5.04 Å². The molecule has 1 aliphatic rings. The maximum Gasteiger partial charge on any atom is 0.273 e. The number of H-pyrrole nitrogens is 1. The van der Waals surface area contributed by atoms with Crippen LogP contribution in [0.1, 0.15) is 16.4 Å². The Bertz CT molecular complexity index is 1100. The van der Waals surface area contributed by atoms with E-state index in [0.717, 1.165) is 38.9 Å². The fraction of sp³-hybridized carbons (Fsp3) is 0.250. The summed E-state index contributed by atoms with van der Waals surface area (Å²) >= 11 is 2.88. The maximum atomic E-state index is 12.8. The number of aryl methyl sites for hydroxylation is 2. The van der Waals surface area contributed by atoms with Gasteiger partial charge in [-0.1, -0.05) is 12.1 Å². The van der Waals surface area contributed by atoms with Gasteiger partial charge in [0.25, 0.3) is 10.0 Å². The van der Waals surface area contributed by atoms with Gasteiger partial charge in [0, 0.05) is 17.7 Å². The summed E-state index contributed by atoms with van der Waals surface area (Å²) in [5.41, 5.74) is 2.73. The van der Waals surface area contributed by atoms with Crippen LogP contribution in [0.4, 0.5) is 5.69 Å². The van der Waals surface area contributed by atoms with E-state index in [2.05, 4.69) is 19.7 Å². The normalized spacial score (nSPS) is 14.9. The third-order valence-corrected chi connectivity index (χ3v) is 7.88. The molecule has 3 aromatic rings. The van der Waals surface area contributed by atoms with Crippen LogP contribution in [0.15, 0.2) is 33.5 Å². The second-order valence-corrected chi connectivity index (χ2v) is 9.86. The lowest BCUT2D eigenvalue weighted by Crippen LogP contribution is -2.13. The zero-order valence-electron chi connectivity index (χ0n) is 13.7. The number of aliphatic imine (C=N–C) groups is 1. The number of hydrogen-bond donors (Lipinski definition) is 2. The molecule has 6 nitrogen and oxygen atoms in total. The van der Waals surface area contributed by atoms with E-state index >= 15 is 0 Å². The third kappa shape index (κ3) is 3.07. The molecule has 0 saturated carbocycles. The minimum atomic E-state index is -3.67. The predicted octanol–water partition coefficient (Wildman–Crippen LogP) is 3.54. The highest BCUT2D eigenvalue weighted by Gasteiger charge is 2.22. The standard InChI is InChI=1S/C16H16N4O2S3/c1-9-16(24-10(2)18-9)25(21,22)20-12-5-3-4-11-8-13(19-14(11)12)15-17-6-7-23-15/h3-5,8,19-20H,6-7H2,1-2H3. The Morgan fingerprint density at radius 1 is 1.28 bits per heavy atom. The molecule has 9 heteroatoms. The first-order valence-electron chi connectivity index (χ1n) is 7.70. The van der Waals surface area contributed by atoms with Crippen LogP contribution in [0.3, 0.4) is 0 Å². The molecule has 0 spiro atoms. The number of hydrogen-bond acceptors (Lipinski definition) is 6. The van der Waals surface area contributed by atoms with E-state index in [4.69, 9.17) is 0 Å². The van der Waals surface area contributed by atoms with Crippen LogP contribution in [0.25, 0.3) is 10.9 Å². The van der Waals surface area contributed by atoms with Crippen LogP contribution in [0.2, 0.25) is 0 Å². The molecule has 0 atom stereocenters. The van der Waals surface area contributed by atoms with Crippen molar-refractivity contribution < 1.29 is 8.42 Å². The second kappa shape index (κ2) is 6.15. The number of para-hydroxylation sites is 1. The summed E-state index contributed by atoms with van der Waals surface area (Å²) in [7, 11) is -3.67. The van der Waals surface area contributed by atoms with Crippen molar-refractivity contribution in [3.8, 4) is 0 Å². The number of sulfonamides is 1. The Morgan fingerprint density at radius 3 is 2.80 bits per heavy atom. The van der Waals surface area contributed by atoms with Crippen molar-refractivity contribution in [1.82, 2.24) is 9.97 Å². The van der Waals surface area contributed by atoms with Gasteiger partial charge in [0.05, 0.1) is 27.6 Å². The predicted molar refractivity (Wildman–Crippen MR) is 105 cm³/mol. The molecule has 25 heavy (non-hydrogen) atoms. The number of anilines is 1. The molecule has 3 heterocycles. The topological polar surface area (TPSA) is 87.2 Å². The van der Waals surface area contributed by atoms with Crippen LogP contribution in [-0.4, -0.2) is 35.7 Å². The Kier molecular flexibility index (Phi) is 4.09. The molecule has 4 rings (SSSR count). The average Bonchev–Trinajstić information content (AvgIpc) is 3.25. The van der Waals surface area contributed by atoms with Gasteiger partial charge in [-0.25, -0.2) is 13.4 Å². The first-order valence-corrected chi connectivity index (χ1v) is 11.0. The summed E-state index contributed by atoms with van der Waals surface area (Å²) in [6.07, 6.45) is 0. The number of aromatic amines is 1. The van der Waals surface area contributed by atoms with Crippen molar-refractivity contribution in [1.29, 1.82) is 0 Å². The van der Waals surface area contributed by atoms with E-state index in [9.17, 15) is 8.42 Å². The number of rotatable bonds is 4. The molecule has 1 aromatic carbocycles. The number of nitrogens with one attached hydrogen (secondary N) is 2. The van der Waals surface area contributed by atoms with Crippen molar-refractivity contribution in [3.63, 3.8) is 0 Å². The van der Waals surface area contributed by atoms with Crippen LogP contribution in [0.5, 0.6) is 0 Å².